The lowest BCUT2D eigenvalue weighted by Gasteiger charge is -2.15. The third kappa shape index (κ3) is 1.97. The number of ether oxygens (including phenoxy) is 1. The minimum absolute atomic E-state index is 0.436. The van der Waals surface area contributed by atoms with Gasteiger partial charge in [0.15, 0.2) is 0 Å². The summed E-state index contributed by atoms with van der Waals surface area (Å²) in [6, 6.07) is 5.77. The van der Waals surface area contributed by atoms with E-state index < -0.39 is 6.67 Å². The molecule has 1 fully saturated rings. The van der Waals surface area contributed by atoms with E-state index >= 15 is 0 Å². The number of benzene rings is 1. The van der Waals surface area contributed by atoms with Crippen molar-refractivity contribution in [3.8, 4) is 5.75 Å². The van der Waals surface area contributed by atoms with E-state index in [-0.39, 0.29) is 0 Å². The Kier molecular flexibility index (Phi) is 3.21. The summed E-state index contributed by atoms with van der Waals surface area (Å²) < 4.78 is 18.2. The number of hydrogen-bond acceptors (Lipinski definition) is 2. The van der Waals surface area contributed by atoms with Crippen molar-refractivity contribution in [1.82, 2.24) is 5.32 Å². The van der Waals surface area contributed by atoms with Gasteiger partial charge in [0.1, 0.15) is 12.4 Å². The van der Waals surface area contributed by atoms with Crippen molar-refractivity contribution in [1.29, 1.82) is 0 Å². The van der Waals surface area contributed by atoms with Gasteiger partial charge in [-0.15, -0.1) is 0 Å². The average molecular weight is 209 g/mol. The minimum Gasteiger partial charge on any atom is -0.496 e. The Hall–Kier alpha value is -1.09. The van der Waals surface area contributed by atoms with Gasteiger partial charge < -0.3 is 10.1 Å². The largest absolute Gasteiger partial charge is 0.496 e. The van der Waals surface area contributed by atoms with Gasteiger partial charge in [0.2, 0.25) is 0 Å². The van der Waals surface area contributed by atoms with Gasteiger partial charge >= 0.3 is 0 Å². The average Bonchev–Trinajstić information content (AvgIpc) is 2.81. The molecule has 0 spiro atoms. The highest BCUT2D eigenvalue weighted by atomic mass is 19.1. The minimum atomic E-state index is -0.449. The SMILES string of the molecule is COc1cccc(C2CCNC2)c1CF. The second-order valence-corrected chi connectivity index (χ2v) is 3.85. The molecule has 1 aliphatic rings. The van der Waals surface area contributed by atoms with Crippen molar-refractivity contribution in [2.75, 3.05) is 20.2 Å². The fourth-order valence-corrected chi connectivity index (χ4v) is 2.22. The van der Waals surface area contributed by atoms with Crippen LogP contribution in [-0.4, -0.2) is 20.2 Å². The van der Waals surface area contributed by atoms with Gasteiger partial charge in [-0.2, -0.15) is 0 Å². The molecule has 0 radical (unpaired) electrons. The van der Waals surface area contributed by atoms with E-state index in [9.17, 15) is 4.39 Å². The maximum atomic E-state index is 13.0. The molecule has 1 heterocycles. The van der Waals surface area contributed by atoms with Crippen LogP contribution < -0.4 is 10.1 Å². The fourth-order valence-electron chi connectivity index (χ4n) is 2.22. The Morgan fingerprint density at radius 1 is 1.53 bits per heavy atom. The van der Waals surface area contributed by atoms with Gasteiger partial charge in [0, 0.05) is 12.1 Å². The Morgan fingerprint density at radius 3 is 3.00 bits per heavy atom. The summed E-state index contributed by atoms with van der Waals surface area (Å²) in [5.74, 6) is 1.10. The van der Waals surface area contributed by atoms with Gasteiger partial charge in [0.25, 0.3) is 0 Å². The molecule has 0 aromatic heterocycles. The lowest BCUT2D eigenvalue weighted by Crippen LogP contribution is -2.09. The van der Waals surface area contributed by atoms with Crippen LogP contribution in [-0.2, 0) is 6.67 Å². The van der Waals surface area contributed by atoms with Crippen LogP contribution in [0.4, 0.5) is 4.39 Å². The molecule has 3 heteroatoms. The molecule has 15 heavy (non-hydrogen) atoms. The molecule has 1 saturated heterocycles. The zero-order valence-electron chi connectivity index (χ0n) is 8.92. The zero-order chi connectivity index (χ0) is 10.7. The molecule has 2 nitrogen and oxygen atoms in total. The first-order valence-corrected chi connectivity index (χ1v) is 5.29. The van der Waals surface area contributed by atoms with Crippen LogP contribution in [0.15, 0.2) is 18.2 Å². The Bertz CT molecular complexity index is 334. The zero-order valence-corrected chi connectivity index (χ0v) is 8.92. The van der Waals surface area contributed by atoms with Gasteiger partial charge in [-0.25, -0.2) is 4.39 Å². The molecule has 0 bridgehead atoms. The summed E-state index contributed by atoms with van der Waals surface area (Å²) in [6.07, 6.45) is 1.08. The molecule has 2 rings (SSSR count). The summed E-state index contributed by atoms with van der Waals surface area (Å²) in [7, 11) is 1.59. The smallest absolute Gasteiger partial charge is 0.124 e. The highest BCUT2D eigenvalue weighted by Gasteiger charge is 2.21. The van der Waals surface area contributed by atoms with Gasteiger partial charge in [-0.3, -0.25) is 0 Å². The number of nitrogens with one attached hydrogen (secondary N) is 1. The first-order valence-electron chi connectivity index (χ1n) is 5.29. The summed E-state index contributed by atoms with van der Waals surface area (Å²) in [5.41, 5.74) is 1.82. The van der Waals surface area contributed by atoms with E-state index in [1.165, 1.54) is 0 Å². The fraction of sp³-hybridized carbons (Fsp3) is 0.500. The number of halogens is 1. The van der Waals surface area contributed by atoms with Crippen molar-refractivity contribution in [2.24, 2.45) is 0 Å². The lowest BCUT2D eigenvalue weighted by molar-refractivity contribution is 0.391. The van der Waals surface area contributed by atoms with Gasteiger partial charge in [-0.1, -0.05) is 12.1 Å². The van der Waals surface area contributed by atoms with Crippen LogP contribution in [0.2, 0.25) is 0 Å². The molecule has 1 aliphatic heterocycles. The Balaban J connectivity index is 2.36. The predicted octanol–water partition coefficient (Wildman–Crippen LogP) is 2.24. The lowest BCUT2D eigenvalue weighted by atomic mass is 9.93. The standard InChI is InChI=1S/C12H16FNO/c1-15-12-4-2-3-10(11(12)7-13)9-5-6-14-8-9/h2-4,9,14H,5-8H2,1H3. The van der Waals surface area contributed by atoms with Crippen LogP contribution in [0, 0.1) is 0 Å². The third-order valence-corrected chi connectivity index (χ3v) is 3.02. The molecule has 1 unspecified atom stereocenters. The maximum Gasteiger partial charge on any atom is 0.124 e. The molecule has 82 valence electrons. The normalized spacial score (nSPS) is 20.5. The molecule has 0 saturated carbocycles. The number of hydrogen-bond donors (Lipinski definition) is 1. The number of methoxy groups -OCH3 is 1. The van der Waals surface area contributed by atoms with E-state index in [0.29, 0.717) is 17.2 Å². The summed E-state index contributed by atoms with van der Waals surface area (Å²) in [6.45, 7) is 1.52. The molecule has 1 N–H and O–H groups in total. The number of alkyl halides is 1. The monoisotopic (exact) mass is 209 g/mol. The van der Waals surface area contributed by atoms with E-state index in [0.717, 1.165) is 25.1 Å². The first-order chi connectivity index (χ1) is 7.36. The van der Waals surface area contributed by atoms with Crippen molar-refractivity contribution < 1.29 is 9.13 Å². The third-order valence-electron chi connectivity index (χ3n) is 3.02. The summed E-state index contributed by atoms with van der Waals surface area (Å²) in [5, 5.41) is 3.30. The molecule has 1 aromatic carbocycles. The predicted molar refractivity (Wildman–Crippen MR) is 58.0 cm³/mol. The molecule has 0 aliphatic carbocycles. The molecular weight excluding hydrogens is 193 g/mol. The highest BCUT2D eigenvalue weighted by molar-refractivity contribution is 5.42. The van der Waals surface area contributed by atoms with Crippen LogP contribution in [0.5, 0.6) is 5.75 Å². The number of rotatable bonds is 3. The van der Waals surface area contributed by atoms with E-state index in [1.807, 2.05) is 18.2 Å². The molecule has 1 aromatic rings. The quantitative estimate of drug-likeness (QED) is 0.824. The van der Waals surface area contributed by atoms with Crippen LogP contribution in [0.1, 0.15) is 23.5 Å². The van der Waals surface area contributed by atoms with Crippen LogP contribution in [0.3, 0.4) is 0 Å². The summed E-state index contributed by atoms with van der Waals surface area (Å²) >= 11 is 0. The van der Waals surface area contributed by atoms with Crippen molar-refractivity contribution in [2.45, 2.75) is 19.0 Å². The first kappa shape index (κ1) is 10.4. The molecule has 1 atom stereocenters. The van der Waals surface area contributed by atoms with Gasteiger partial charge in [-0.05, 0) is 30.5 Å². The molecule has 0 amide bonds. The maximum absolute atomic E-state index is 13.0. The van der Waals surface area contributed by atoms with E-state index in [2.05, 4.69) is 5.32 Å². The summed E-state index contributed by atoms with van der Waals surface area (Å²) in [4.78, 5) is 0. The topological polar surface area (TPSA) is 21.3 Å². The highest BCUT2D eigenvalue weighted by Crippen LogP contribution is 2.31. The van der Waals surface area contributed by atoms with Crippen molar-refractivity contribution in [3.05, 3.63) is 29.3 Å². The van der Waals surface area contributed by atoms with Crippen molar-refractivity contribution in [3.63, 3.8) is 0 Å². The van der Waals surface area contributed by atoms with Crippen LogP contribution >= 0.6 is 0 Å². The Labute approximate surface area is 89.4 Å². The van der Waals surface area contributed by atoms with Crippen molar-refractivity contribution >= 4 is 0 Å². The molecular formula is C12H16FNO. The van der Waals surface area contributed by atoms with E-state index in [4.69, 9.17) is 4.74 Å². The van der Waals surface area contributed by atoms with Gasteiger partial charge in [0.05, 0.1) is 7.11 Å². The second kappa shape index (κ2) is 4.62. The van der Waals surface area contributed by atoms with E-state index in [1.54, 1.807) is 7.11 Å². The Morgan fingerprint density at radius 2 is 2.40 bits per heavy atom. The second-order valence-electron chi connectivity index (χ2n) is 3.85. The van der Waals surface area contributed by atoms with Crippen LogP contribution in [0.25, 0.3) is 0 Å².